The Morgan fingerprint density at radius 3 is 2.68 bits per heavy atom. The Labute approximate surface area is 136 Å². The number of hydrogen-bond donors (Lipinski definition) is 1. The molecule has 0 aromatic carbocycles. The predicted molar refractivity (Wildman–Crippen MR) is 87.8 cm³/mol. The summed E-state index contributed by atoms with van der Waals surface area (Å²) in [5.41, 5.74) is 0.775. The molecule has 0 aliphatic rings. The van der Waals surface area contributed by atoms with E-state index in [4.69, 9.17) is 4.42 Å². The summed E-state index contributed by atoms with van der Waals surface area (Å²) in [6.45, 7) is 2.13. The summed E-state index contributed by atoms with van der Waals surface area (Å²) < 4.78 is 32.6. The summed E-state index contributed by atoms with van der Waals surface area (Å²) in [7, 11) is -3.42. The zero-order valence-corrected chi connectivity index (χ0v) is 14.2. The molecule has 0 unspecified atom stereocenters. The van der Waals surface area contributed by atoms with Crippen molar-refractivity contribution in [1.29, 1.82) is 0 Å². The lowest BCUT2D eigenvalue weighted by atomic mass is 10.3. The first-order valence-corrected chi connectivity index (χ1v) is 9.84. The molecule has 3 aromatic heterocycles. The summed E-state index contributed by atoms with van der Waals surface area (Å²) in [4.78, 5) is 5.41. The summed E-state index contributed by atoms with van der Waals surface area (Å²) in [5.74, 6) is 1.31. The summed E-state index contributed by atoms with van der Waals surface area (Å²) >= 11 is 2.76. The first kappa shape index (κ1) is 15.4. The number of aromatic nitrogens is 1. The largest absolute Gasteiger partial charge is 0.440 e. The quantitative estimate of drug-likeness (QED) is 0.737. The van der Waals surface area contributed by atoms with E-state index in [1.54, 1.807) is 28.8 Å². The second-order valence-electron chi connectivity index (χ2n) is 4.58. The van der Waals surface area contributed by atoms with Crippen molar-refractivity contribution in [3.05, 3.63) is 46.5 Å². The van der Waals surface area contributed by atoms with E-state index < -0.39 is 10.0 Å². The van der Waals surface area contributed by atoms with E-state index in [1.807, 2.05) is 24.4 Å². The van der Waals surface area contributed by atoms with Gasteiger partial charge in [0.1, 0.15) is 9.97 Å². The van der Waals surface area contributed by atoms with Crippen LogP contribution >= 0.6 is 22.7 Å². The zero-order chi connectivity index (χ0) is 15.6. The minimum absolute atomic E-state index is 0.289. The maximum absolute atomic E-state index is 12.0. The highest BCUT2D eigenvalue weighted by Crippen LogP contribution is 2.26. The number of sulfonamides is 1. The highest BCUT2D eigenvalue weighted by atomic mass is 32.2. The first-order valence-electron chi connectivity index (χ1n) is 6.59. The number of rotatable bonds is 6. The maximum atomic E-state index is 12.0. The molecular weight excluding hydrogens is 340 g/mol. The topological polar surface area (TPSA) is 72.2 Å². The molecular formula is C14H14N2O3S3. The van der Waals surface area contributed by atoms with Crippen molar-refractivity contribution in [2.45, 2.75) is 17.6 Å². The average molecular weight is 354 g/mol. The average Bonchev–Trinajstić information content (AvgIpc) is 3.20. The van der Waals surface area contributed by atoms with Gasteiger partial charge in [-0.1, -0.05) is 12.1 Å². The summed E-state index contributed by atoms with van der Waals surface area (Å²) in [6.07, 6.45) is 0.491. The number of thiophene rings is 2. The van der Waals surface area contributed by atoms with E-state index in [1.165, 1.54) is 11.3 Å². The van der Waals surface area contributed by atoms with Crippen LogP contribution in [0.2, 0.25) is 0 Å². The summed E-state index contributed by atoms with van der Waals surface area (Å²) in [6, 6.07) is 7.19. The van der Waals surface area contributed by atoms with Crippen molar-refractivity contribution in [3.63, 3.8) is 0 Å². The van der Waals surface area contributed by atoms with Gasteiger partial charge < -0.3 is 4.42 Å². The minimum atomic E-state index is -3.42. The Hall–Kier alpha value is -1.48. The second-order valence-corrected chi connectivity index (χ2v) is 8.47. The van der Waals surface area contributed by atoms with Gasteiger partial charge in [0.2, 0.25) is 15.9 Å². The van der Waals surface area contributed by atoms with Crippen LogP contribution in [0.3, 0.4) is 0 Å². The van der Waals surface area contributed by atoms with Gasteiger partial charge in [-0.15, -0.1) is 22.7 Å². The molecule has 0 spiro atoms. The Kier molecular flexibility index (Phi) is 4.44. The van der Waals surface area contributed by atoms with Crippen LogP contribution in [0, 0.1) is 6.92 Å². The lowest BCUT2D eigenvalue weighted by molar-refractivity contribution is 0.540. The summed E-state index contributed by atoms with van der Waals surface area (Å²) in [5, 5.41) is 3.70. The minimum Gasteiger partial charge on any atom is -0.440 e. The van der Waals surface area contributed by atoms with Crippen molar-refractivity contribution < 1.29 is 12.8 Å². The molecule has 3 heterocycles. The van der Waals surface area contributed by atoms with Gasteiger partial charge in [0.15, 0.2) is 0 Å². The molecule has 0 radical (unpaired) electrons. The van der Waals surface area contributed by atoms with Crippen molar-refractivity contribution >= 4 is 32.7 Å². The van der Waals surface area contributed by atoms with Crippen LogP contribution in [-0.2, 0) is 16.4 Å². The molecule has 0 atom stereocenters. The second kappa shape index (κ2) is 6.33. The van der Waals surface area contributed by atoms with Crippen LogP contribution in [0.4, 0.5) is 0 Å². The van der Waals surface area contributed by atoms with E-state index in [0.717, 1.165) is 16.3 Å². The third-order valence-corrected chi connectivity index (χ3v) is 6.75. The molecule has 3 aromatic rings. The predicted octanol–water partition coefficient (Wildman–Crippen LogP) is 3.29. The molecule has 0 aliphatic heterocycles. The Balaban J connectivity index is 1.65. The van der Waals surface area contributed by atoms with E-state index in [-0.39, 0.29) is 6.54 Å². The molecule has 0 amide bonds. The molecule has 5 nitrogen and oxygen atoms in total. The number of nitrogens with one attached hydrogen (secondary N) is 1. The van der Waals surface area contributed by atoms with Gasteiger partial charge in [0.25, 0.3) is 0 Å². The Morgan fingerprint density at radius 2 is 2.00 bits per heavy atom. The van der Waals surface area contributed by atoms with Gasteiger partial charge in [0.05, 0.1) is 10.6 Å². The van der Waals surface area contributed by atoms with Gasteiger partial charge in [0, 0.05) is 13.0 Å². The number of nitrogens with zero attached hydrogens (tertiary/aromatic N) is 1. The number of aryl methyl sites for hydroxylation is 1. The van der Waals surface area contributed by atoms with E-state index in [9.17, 15) is 8.42 Å². The zero-order valence-electron chi connectivity index (χ0n) is 11.8. The molecule has 8 heteroatoms. The van der Waals surface area contributed by atoms with Crippen LogP contribution in [0.5, 0.6) is 0 Å². The normalized spacial score (nSPS) is 11.9. The van der Waals surface area contributed by atoms with Crippen molar-refractivity contribution in [2.75, 3.05) is 6.54 Å². The molecule has 116 valence electrons. The fourth-order valence-electron chi connectivity index (χ4n) is 1.96. The van der Waals surface area contributed by atoms with E-state index in [2.05, 4.69) is 9.71 Å². The smallest absolute Gasteiger partial charge is 0.250 e. The molecule has 22 heavy (non-hydrogen) atoms. The van der Waals surface area contributed by atoms with E-state index >= 15 is 0 Å². The van der Waals surface area contributed by atoms with Crippen LogP contribution < -0.4 is 4.72 Å². The van der Waals surface area contributed by atoms with Gasteiger partial charge in [-0.25, -0.2) is 18.1 Å². The maximum Gasteiger partial charge on any atom is 0.250 e. The third-order valence-electron chi connectivity index (χ3n) is 3.04. The van der Waals surface area contributed by atoms with Gasteiger partial charge in [-0.05, 0) is 29.8 Å². The number of oxazole rings is 1. The van der Waals surface area contributed by atoms with Crippen LogP contribution in [0.25, 0.3) is 10.8 Å². The van der Waals surface area contributed by atoms with Crippen molar-refractivity contribution in [1.82, 2.24) is 9.71 Å². The Morgan fingerprint density at radius 1 is 1.23 bits per heavy atom. The lowest BCUT2D eigenvalue weighted by Crippen LogP contribution is -2.25. The lowest BCUT2D eigenvalue weighted by Gasteiger charge is -2.03. The highest BCUT2D eigenvalue weighted by molar-refractivity contribution is 7.91. The third kappa shape index (κ3) is 3.30. The van der Waals surface area contributed by atoms with Gasteiger partial charge >= 0.3 is 0 Å². The number of hydrogen-bond acceptors (Lipinski definition) is 6. The first-order chi connectivity index (χ1) is 10.6. The fourth-order valence-corrected chi connectivity index (χ4v) is 4.68. The molecule has 0 bridgehead atoms. The van der Waals surface area contributed by atoms with E-state index in [0.29, 0.717) is 16.5 Å². The standard InChI is InChI=1S/C14H14N2O3S3/c1-10-11(16-14(19-10)12-4-2-8-20-12)6-7-15-22(17,18)13-5-3-9-21-13/h2-5,8-9,15H,6-7H2,1H3. The molecule has 3 rings (SSSR count). The van der Waals surface area contributed by atoms with Gasteiger partial charge in [-0.3, -0.25) is 0 Å². The van der Waals surface area contributed by atoms with Gasteiger partial charge in [-0.2, -0.15) is 0 Å². The highest BCUT2D eigenvalue weighted by Gasteiger charge is 2.16. The fraction of sp³-hybridized carbons (Fsp3) is 0.214. The molecule has 0 saturated carbocycles. The molecule has 0 saturated heterocycles. The Bertz CT molecular complexity index is 834. The monoisotopic (exact) mass is 354 g/mol. The molecule has 0 aliphatic carbocycles. The molecule has 0 fully saturated rings. The molecule has 1 N–H and O–H groups in total. The van der Waals surface area contributed by atoms with Crippen molar-refractivity contribution in [3.8, 4) is 10.8 Å². The van der Waals surface area contributed by atoms with Crippen LogP contribution in [0.1, 0.15) is 11.5 Å². The van der Waals surface area contributed by atoms with Crippen LogP contribution in [0.15, 0.2) is 43.7 Å². The SMILES string of the molecule is Cc1oc(-c2cccs2)nc1CCNS(=O)(=O)c1cccs1. The van der Waals surface area contributed by atoms with Crippen LogP contribution in [-0.4, -0.2) is 19.9 Å². The van der Waals surface area contributed by atoms with Crippen molar-refractivity contribution in [2.24, 2.45) is 0 Å².